The van der Waals surface area contributed by atoms with Crippen molar-refractivity contribution in [3.05, 3.63) is 228 Å². The van der Waals surface area contributed by atoms with Crippen molar-refractivity contribution in [1.82, 2.24) is 0 Å². The van der Waals surface area contributed by atoms with Crippen LogP contribution in [0.5, 0.6) is 0 Å². The van der Waals surface area contributed by atoms with Crippen LogP contribution in [0.4, 0.5) is 0 Å². The van der Waals surface area contributed by atoms with Crippen molar-refractivity contribution in [1.29, 1.82) is 0 Å². The van der Waals surface area contributed by atoms with Gasteiger partial charge in [0.1, 0.15) is 44.7 Å². The topological polar surface area (TPSA) is 89.5 Å². The maximum Gasteiger partial charge on any atom is 0.495 e. The SMILES string of the molecule is Brc1ccc2oc3ccccc3c2c1.Cc1c(-c2ccc3oc4ccccc4c3c2)cccc1-c1ccc2oc3ccccc3c2c1.Cc1c(B2OC(C)(C)C(C)(C)O2)cccc1B1OC(C)(C)C(C)(C)O1.c1ccc2c(c1)oc1ccccc12. The second-order valence-corrected chi connectivity index (χ2v) is 25.1. The van der Waals surface area contributed by atoms with Crippen LogP contribution in [0.15, 0.2) is 234 Å². The lowest BCUT2D eigenvalue weighted by molar-refractivity contribution is 0.00578. The van der Waals surface area contributed by atoms with E-state index in [1.807, 2.05) is 97.1 Å². The average Bonchev–Trinajstić information content (AvgIpc) is 4.56. The van der Waals surface area contributed by atoms with Crippen LogP contribution in [0.3, 0.4) is 0 Å². The number of para-hydroxylation sites is 5. The van der Waals surface area contributed by atoms with Crippen molar-refractivity contribution in [3.8, 4) is 22.3 Å². The minimum absolute atomic E-state index is 0.357. The van der Waals surface area contributed by atoms with Gasteiger partial charge in [-0.25, -0.2) is 0 Å². The van der Waals surface area contributed by atoms with E-state index in [2.05, 4.69) is 200 Å². The predicted molar refractivity (Wildman–Crippen MR) is 354 cm³/mol. The Bertz CT molecular complexity index is 4560. The van der Waals surface area contributed by atoms with Crippen LogP contribution in [0.25, 0.3) is 110 Å². The van der Waals surface area contributed by atoms with E-state index in [0.29, 0.717) is 0 Å². The number of hydrogen-bond donors (Lipinski definition) is 0. The molecule has 0 spiro atoms. The standard InChI is InChI=1S/C31H20O2.C19H30B2O4.C12H7BrO.C12H8O/c1-19-22(20-13-15-30-26(17-20)24-7-2-4-11-28(24)32-30)9-6-10-23(19)21-14-16-31-27(18-21)25-8-3-5-12-29(25)33-31;1-13-14(20-22-16(2,3)17(4,5)23-20)11-10-12-15(13)21-24-18(6,7)19(8,9)25-21;13-8-5-6-12-10(7-8)9-3-1-2-4-11(9)14-12;1-3-7-11-9(5-1)10-6-2-4-8-12(10)13-11/h2-18H,1H3;10-12H,1-9H3;1-7H;1-8H. The van der Waals surface area contributed by atoms with Gasteiger partial charge in [0.05, 0.1) is 22.4 Å². The van der Waals surface area contributed by atoms with Gasteiger partial charge < -0.3 is 36.3 Å². The van der Waals surface area contributed by atoms with Gasteiger partial charge in [0, 0.05) is 47.6 Å². The van der Waals surface area contributed by atoms with Crippen LogP contribution >= 0.6 is 15.9 Å². The molecule has 2 aliphatic rings. The van der Waals surface area contributed by atoms with Gasteiger partial charge in [0.15, 0.2) is 0 Å². The van der Waals surface area contributed by atoms with Gasteiger partial charge in [-0.3, -0.25) is 0 Å². The number of furan rings is 4. The first-order valence-corrected chi connectivity index (χ1v) is 29.8. The molecule has 2 saturated heterocycles. The fourth-order valence-electron chi connectivity index (χ4n) is 11.5. The highest BCUT2D eigenvalue weighted by atomic mass is 79.9. The summed E-state index contributed by atoms with van der Waals surface area (Å²) in [5.74, 6) is 0. The van der Waals surface area contributed by atoms with Gasteiger partial charge in [-0.2, -0.15) is 0 Å². The average molecular weight is 1180 g/mol. The highest BCUT2D eigenvalue weighted by Gasteiger charge is 2.54. The molecule has 0 radical (unpaired) electrons. The third-order valence-electron chi connectivity index (χ3n) is 17.8. The first-order valence-electron chi connectivity index (χ1n) is 29.0. The van der Waals surface area contributed by atoms with Gasteiger partial charge >= 0.3 is 14.2 Å². The van der Waals surface area contributed by atoms with Crippen molar-refractivity contribution in [3.63, 3.8) is 0 Å². The molecule has 0 aliphatic carbocycles. The Morgan fingerprint density at radius 1 is 0.282 bits per heavy atom. The van der Waals surface area contributed by atoms with E-state index >= 15 is 0 Å². The summed E-state index contributed by atoms with van der Waals surface area (Å²) in [6, 6.07) is 72.5. The molecule has 0 unspecified atom stereocenters. The van der Waals surface area contributed by atoms with E-state index in [1.54, 1.807) is 0 Å². The smallest absolute Gasteiger partial charge is 0.456 e. The molecular weight excluding hydrogens is 1120 g/mol. The molecular formula is C74H65B2BrO8. The third-order valence-corrected chi connectivity index (χ3v) is 18.3. The number of halogens is 1. The van der Waals surface area contributed by atoms with E-state index in [1.165, 1.54) is 44.0 Å². The quantitative estimate of drug-likeness (QED) is 0.161. The molecule has 6 heterocycles. The monoisotopic (exact) mass is 1180 g/mol. The Balaban J connectivity index is 0.000000113. The Hall–Kier alpha value is -8.15. The number of hydrogen-bond acceptors (Lipinski definition) is 8. The van der Waals surface area contributed by atoms with Crippen molar-refractivity contribution in [2.45, 2.75) is 91.6 Å². The van der Waals surface area contributed by atoms with Crippen LogP contribution in [-0.2, 0) is 18.6 Å². The van der Waals surface area contributed by atoms with E-state index < -0.39 is 0 Å². The summed E-state index contributed by atoms with van der Waals surface area (Å²) in [6.07, 6.45) is 0. The molecule has 4 aromatic heterocycles. The number of benzene rings is 10. The van der Waals surface area contributed by atoms with E-state index in [9.17, 15) is 0 Å². The molecule has 14 aromatic rings. The largest absolute Gasteiger partial charge is 0.495 e. The summed E-state index contributed by atoms with van der Waals surface area (Å²) in [5.41, 5.74) is 15.4. The molecule has 422 valence electrons. The maximum atomic E-state index is 6.23. The zero-order chi connectivity index (χ0) is 59.0. The Labute approximate surface area is 504 Å². The lowest BCUT2D eigenvalue weighted by Gasteiger charge is -2.32. The fourth-order valence-corrected chi connectivity index (χ4v) is 11.9. The number of rotatable bonds is 4. The summed E-state index contributed by atoms with van der Waals surface area (Å²) >= 11 is 3.46. The van der Waals surface area contributed by atoms with Gasteiger partial charge in [0.25, 0.3) is 0 Å². The lowest BCUT2D eigenvalue weighted by atomic mass is 9.68. The summed E-state index contributed by atoms with van der Waals surface area (Å²) < 4.78 is 49.4. The van der Waals surface area contributed by atoms with Crippen LogP contribution < -0.4 is 10.9 Å². The first kappa shape index (κ1) is 56.0. The Kier molecular flexibility index (Phi) is 14.3. The fraction of sp³-hybridized carbons (Fsp3) is 0.189. The highest BCUT2D eigenvalue weighted by molar-refractivity contribution is 9.10. The van der Waals surface area contributed by atoms with Gasteiger partial charge in [-0.15, -0.1) is 0 Å². The second kappa shape index (κ2) is 21.7. The third kappa shape index (κ3) is 10.4. The van der Waals surface area contributed by atoms with Crippen LogP contribution in [-0.4, -0.2) is 36.6 Å². The Morgan fingerprint density at radius 3 is 0.918 bits per heavy atom. The van der Waals surface area contributed by atoms with Gasteiger partial charge in [-0.1, -0.05) is 161 Å². The first-order chi connectivity index (χ1) is 40.8. The second-order valence-electron chi connectivity index (χ2n) is 24.2. The van der Waals surface area contributed by atoms with Crippen LogP contribution in [0.2, 0.25) is 0 Å². The molecule has 11 heteroatoms. The van der Waals surface area contributed by atoms with Crippen molar-refractivity contribution >= 4 is 129 Å². The Morgan fingerprint density at radius 2 is 0.565 bits per heavy atom. The van der Waals surface area contributed by atoms with Gasteiger partial charge in [-0.05, 0) is 181 Å². The van der Waals surface area contributed by atoms with Crippen molar-refractivity contribution in [2.75, 3.05) is 0 Å². The molecule has 0 bridgehead atoms. The van der Waals surface area contributed by atoms with Crippen molar-refractivity contribution in [2.24, 2.45) is 0 Å². The summed E-state index contributed by atoms with van der Waals surface area (Å²) in [6.45, 7) is 20.9. The van der Waals surface area contributed by atoms with Crippen molar-refractivity contribution < 1.29 is 36.3 Å². The van der Waals surface area contributed by atoms with Crippen LogP contribution in [0, 0.1) is 13.8 Å². The molecule has 2 fully saturated rings. The van der Waals surface area contributed by atoms with E-state index in [4.69, 9.17) is 36.3 Å². The minimum Gasteiger partial charge on any atom is -0.456 e. The van der Waals surface area contributed by atoms with E-state index in [0.717, 1.165) is 92.6 Å². The molecule has 85 heavy (non-hydrogen) atoms. The molecule has 0 amide bonds. The molecule has 10 aromatic carbocycles. The number of fused-ring (bicyclic) bond motifs is 12. The molecule has 2 aliphatic heterocycles. The molecule has 0 saturated carbocycles. The summed E-state index contributed by atoms with van der Waals surface area (Å²) in [4.78, 5) is 0. The molecule has 16 rings (SSSR count). The molecule has 0 N–H and O–H groups in total. The molecule has 8 nitrogen and oxygen atoms in total. The zero-order valence-electron chi connectivity index (χ0n) is 49.5. The summed E-state index contributed by atoms with van der Waals surface area (Å²) in [7, 11) is -0.764. The highest BCUT2D eigenvalue weighted by Crippen LogP contribution is 2.41. The minimum atomic E-state index is -0.382. The molecule has 0 atom stereocenters. The summed E-state index contributed by atoms with van der Waals surface area (Å²) in [5, 5.41) is 9.33. The zero-order valence-corrected chi connectivity index (χ0v) is 51.1. The van der Waals surface area contributed by atoms with E-state index in [-0.39, 0.29) is 36.6 Å². The lowest BCUT2D eigenvalue weighted by Crippen LogP contribution is -2.44. The normalized spacial score (nSPS) is 15.8. The van der Waals surface area contributed by atoms with Crippen LogP contribution in [0.1, 0.15) is 66.5 Å². The maximum absolute atomic E-state index is 6.23. The predicted octanol–water partition coefficient (Wildman–Crippen LogP) is 19.7. The van der Waals surface area contributed by atoms with Gasteiger partial charge in [0.2, 0.25) is 0 Å².